The number of rotatable bonds is 6. The van der Waals surface area contributed by atoms with Crippen LogP contribution in [0.5, 0.6) is 5.75 Å². The monoisotopic (exact) mass is 400 g/mol. The van der Waals surface area contributed by atoms with Gasteiger partial charge in [-0.2, -0.15) is 4.68 Å². The van der Waals surface area contributed by atoms with Crippen molar-refractivity contribution >= 4 is 17.7 Å². The molecule has 0 aliphatic rings. The highest BCUT2D eigenvalue weighted by Gasteiger charge is 2.31. The largest absolute Gasteiger partial charge is 0.573 e. The molecule has 0 bridgehead atoms. The Kier molecular flexibility index (Phi) is 5.35. The van der Waals surface area contributed by atoms with Gasteiger partial charge in [-0.15, -0.1) is 18.3 Å². The van der Waals surface area contributed by atoms with Gasteiger partial charge in [0.15, 0.2) is 0 Å². The van der Waals surface area contributed by atoms with Gasteiger partial charge in [0.05, 0.1) is 18.6 Å². The lowest BCUT2D eigenvalue weighted by atomic mass is 10.3. The number of nitrogens with zero attached hydrogens (tertiary/aromatic N) is 4. The Balaban J connectivity index is 1.69. The lowest BCUT2D eigenvalue weighted by Gasteiger charge is -2.09. The average Bonchev–Trinajstić information content (AvgIpc) is 3.28. The molecule has 1 aromatic carbocycles. The number of furan rings is 1. The van der Waals surface area contributed by atoms with E-state index < -0.39 is 12.3 Å². The maximum absolute atomic E-state index is 12.2. The molecular formula is C15H11F3N4O4S. The first-order chi connectivity index (χ1) is 12.9. The molecule has 8 nitrogen and oxygen atoms in total. The van der Waals surface area contributed by atoms with Gasteiger partial charge in [-0.25, -0.2) is 4.79 Å². The molecule has 0 aliphatic heterocycles. The Hall–Kier alpha value is -3.02. The molecule has 0 N–H and O–H groups in total. The molecule has 0 amide bonds. The number of hydrogen-bond acceptors (Lipinski definition) is 8. The summed E-state index contributed by atoms with van der Waals surface area (Å²) in [4.78, 5) is 11.4. The minimum atomic E-state index is -4.76. The number of tetrazole rings is 1. The van der Waals surface area contributed by atoms with Crippen molar-refractivity contribution in [2.75, 3.05) is 7.11 Å². The Morgan fingerprint density at radius 1 is 1.22 bits per heavy atom. The molecular weight excluding hydrogens is 389 g/mol. The van der Waals surface area contributed by atoms with Crippen LogP contribution in [0.25, 0.3) is 5.69 Å². The van der Waals surface area contributed by atoms with E-state index >= 15 is 0 Å². The summed E-state index contributed by atoms with van der Waals surface area (Å²) >= 11 is 1.22. The van der Waals surface area contributed by atoms with E-state index in [0.29, 0.717) is 22.4 Å². The summed E-state index contributed by atoms with van der Waals surface area (Å²) in [5, 5.41) is 11.6. The maximum Gasteiger partial charge on any atom is 0.573 e. The highest BCUT2D eigenvalue weighted by atomic mass is 32.2. The summed E-state index contributed by atoms with van der Waals surface area (Å²) in [7, 11) is 1.25. The molecule has 3 rings (SSSR count). The van der Waals surface area contributed by atoms with Crippen molar-refractivity contribution in [3.8, 4) is 11.4 Å². The number of halogens is 3. The molecule has 0 unspecified atom stereocenters. The van der Waals surface area contributed by atoms with Crippen LogP contribution in [0.1, 0.15) is 16.3 Å². The van der Waals surface area contributed by atoms with Gasteiger partial charge in [0, 0.05) is 0 Å². The first kappa shape index (κ1) is 18.8. The van der Waals surface area contributed by atoms with Gasteiger partial charge in [-0.1, -0.05) is 11.8 Å². The van der Waals surface area contributed by atoms with Crippen molar-refractivity contribution in [3.05, 3.63) is 47.9 Å². The zero-order chi connectivity index (χ0) is 19.4. The second-order valence-electron chi connectivity index (χ2n) is 4.96. The second-order valence-corrected chi connectivity index (χ2v) is 5.90. The molecule has 2 aromatic heterocycles. The first-order valence-corrected chi connectivity index (χ1v) is 8.28. The van der Waals surface area contributed by atoms with Crippen LogP contribution < -0.4 is 4.74 Å². The molecule has 3 aromatic rings. The first-order valence-electron chi connectivity index (χ1n) is 7.30. The molecule has 0 saturated carbocycles. The van der Waals surface area contributed by atoms with Gasteiger partial charge in [-0.05, 0) is 46.8 Å². The third kappa shape index (κ3) is 4.78. The normalized spacial score (nSPS) is 11.4. The van der Waals surface area contributed by atoms with E-state index in [1.807, 2.05) is 0 Å². The zero-order valence-electron chi connectivity index (χ0n) is 13.6. The van der Waals surface area contributed by atoms with Gasteiger partial charge in [0.1, 0.15) is 11.5 Å². The van der Waals surface area contributed by atoms with Gasteiger partial charge in [0.2, 0.25) is 10.9 Å². The van der Waals surface area contributed by atoms with Crippen molar-refractivity contribution in [1.82, 2.24) is 20.2 Å². The molecule has 27 heavy (non-hydrogen) atoms. The summed E-state index contributed by atoms with van der Waals surface area (Å²) in [5.41, 5.74) is 0.451. The Labute approximate surface area is 154 Å². The lowest BCUT2D eigenvalue weighted by molar-refractivity contribution is -0.274. The number of methoxy groups -OCH3 is 1. The fourth-order valence-corrected chi connectivity index (χ4v) is 2.81. The van der Waals surface area contributed by atoms with Crippen LogP contribution in [-0.4, -0.2) is 39.6 Å². The number of alkyl halides is 3. The molecule has 142 valence electrons. The quantitative estimate of drug-likeness (QED) is 0.460. The van der Waals surface area contributed by atoms with Crippen molar-refractivity contribution in [3.63, 3.8) is 0 Å². The van der Waals surface area contributed by atoms with E-state index in [0.717, 1.165) is 12.1 Å². The number of benzene rings is 1. The van der Waals surface area contributed by atoms with Crippen LogP contribution in [-0.2, 0) is 10.5 Å². The second kappa shape index (κ2) is 7.70. The molecule has 2 heterocycles. The van der Waals surface area contributed by atoms with Crippen LogP contribution in [0.2, 0.25) is 0 Å². The van der Waals surface area contributed by atoms with E-state index in [4.69, 9.17) is 4.42 Å². The summed E-state index contributed by atoms with van der Waals surface area (Å²) in [5.74, 6) is -0.0272. The van der Waals surface area contributed by atoms with Gasteiger partial charge < -0.3 is 13.9 Å². The molecule has 0 aliphatic carbocycles. The summed E-state index contributed by atoms with van der Waals surface area (Å²) < 4.78 is 51.7. The maximum atomic E-state index is 12.2. The number of hydrogen-bond donors (Lipinski definition) is 0. The van der Waals surface area contributed by atoms with Crippen molar-refractivity contribution in [2.24, 2.45) is 0 Å². The summed E-state index contributed by atoms with van der Waals surface area (Å²) in [6.07, 6.45) is -4.76. The highest BCUT2D eigenvalue weighted by molar-refractivity contribution is 7.98. The molecule has 0 spiro atoms. The van der Waals surface area contributed by atoms with Crippen LogP contribution >= 0.6 is 11.8 Å². The van der Waals surface area contributed by atoms with E-state index in [9.17, 15) is 18.0 Å². The molecule has 12 heteroatoms. The van der Waals surface area contributed by atoms with Crippen LogP contribution in [0.3, 0.4) is 0 Å². The zero-order valence-corrected chi connectivity index (χ0v) is 14.5. The topological polar surface area (TPSA) is 92.3 Å². The Morgan fingerprint density at radius 3 is 2.63 bits per heavy atom. The number of thioether (sulfide) groups is 1. The molecule has 0 radical (unpaired) electrons. The minimum Gasteiger partial charge on any atom is -0.463 e. The molecule has 0 saturated heterocycles. The number of aromatic nitrogens is 4. The van der Waals surface area contributed by atoms with Crippen LogP contribution in [0, 0.1) is 0 Å². The summed E-state index contributed by atoms with van der Waals surface area (Å²) in [6.45, 7) is 0. The highest BCUT2D eigenvalue weighted by Crippen LogP contribution is 2.26. The van der Waals surface area contributed by atoms with Crippen molar-refractivity contribution < 1.29 is 31.9 Å². The van der Waals surface area contributed by atoms with E-state index in [2.05, 4.69) is 25.0 Å². The third-order valence-electron chi connectivity index (χ3n) is 3.15. The van der Waals surface area contributed by atoms with Crippen molar-refractivity contribution in [1.29, 1.82) is 0 Å². The third-order valence-corrected chi connectivity index (χ3v) is 4.09. The fraction of sp³-hybridized carbons (Fsp3) is 0.200. The molecule has 0 fully saturated rings. The minimum absolute atomic E-state index is 0.0768. The van der Waals surface area contributed by atoms with Gasteiger partial charge >= 0.3 is 12.3 Å². The SMILES string of the molecule is COC(=O)c1ccc(CSc2nnnn2-c2ccc(OC(F)(F)F)cc2)o1. The fourth-order valence-electron chi connectivity index (χ4n) is 2.02. The van der Waals surface area contributed by atoms with Gasteiger partial charge in [0.25, 0.3) is 0 Å². The number of carbonyl (C=O) groups excluding carboxylic acids is 1. The van der Waals surface area contributed by atoms with E-state index in [1.54, 1.807) is 6.07 Å². The average molecular weight is 400 g/mol. The number of ether oxygens (including phenoxy) is 2. The lowest BCUT2D eigenvalue weighted by Crippen LogP contribution is -2.17. The van der Waals surface area contributed by atoms with E-state index in [1.165, 1.54) is 41.8 Å². The predicted molar refractivity (Wildman–Crippen MR) is 85.4 cm³/mol. The predicted octanol–water partition coefficient (Wildman–Crippen LogP) is 3.23. The van der Waals surface area contributed by atoms with Crippen LogP contribution in [0.15, 0.2) is 46.0 Å². The number of carbonyl (C=O) groups is 1. The van der Waals surface area contributed by atoms with Crippen LogP contribution in [0.4, 0.5) is 13.2 Å². The standard InChI is InChI=1S/C15H11F3N4O4S/c1-24-13(23)12-7-6-11(25-12)8-27-14-19-20-21-22(14)9-2-4-10(5-3-9)26-15(16,17)18/h2-7H,8H2,1H3. The molecule has 0 atom stereocenters. The summed E-state index contributed by atoms with van der Waals surface area (Å²) in [6, 6.07) is 8.22. The van der Waals surface area contributed by atoms with Gasteiger partial charge in [-0.3, -0.25) is 0 Å². The Morgan fingerprint density at radius 2 is 1.96 bits per heavy atom. The van der Waals surface area contributed by atoms with E-state index in [-0.39, 0.29) is 11.5 Å². The van der Waals surface area contributed by atoms with Crippen molar-refractivity contribution in [2.45, 2.75) is 17.3 Å². The number of esters is 1. The Bertz CT molecular complexity index is 924. The smallest absolute Gasteiger partial charge is 0.463 e.